The van der Waals surface area contributed by atoms with Crippen molar-refractivity contribution in [3.63, 3.8) is 0 Å². The Kier molecular flexibility index (Phi) is 4.28. The number of fused-ring (bicyclic) bond motifs is 2. The summed E-state index contributed by atoms with van der Waals surface area (Å²) in [5, 5.41) is 9.54. The van der Waals surface area contributed by atoms with Gasteiger partial charge in [0.15, 0.2) is 6.61 Å². The molecule has 0 saturated heterocycles. The predicted molar refractivity (Wildman–Crippen MR) is 92.6 cm³/mol. The van der Waals surface area contributed by atoms with Gasteiger partial charge in [0.25, 0.3) is 0 Å². The SMILES string of the molecule is CC(C)(C)[C@@H]1CCc2nc3ccccc3c(C(=O)OCC#N)c2C1. The number of rotatable bonds is 2. The van der Waals surface area contributed by atoms with E-state index in [0.717, 1.165) is 41.4 Å². The Hall–Kier alpha value is -2.41. The molecule has 0 aliphatic heterocycles. The van der Waals surface area contributed by atoms with Crippen LogP contribution >= 0.6 is 0 Å². The topological polar surface area (TPSA) is 63.0 Å². The van der Waals surface area contributed by atoms with Crippen LogP contribution in [0.1, 0.15) is 48.8 Å². The minimum Gasteiger partial charge on any atom is -0.447 e. The van der Waals surface area contributed by atoms with Crippen LogP contribution in [-0.2, 0) is 17.6 Å². The Morgan fingerprint density at radius 2 is 2.12 bits per heavy atom. The first-order valence-corrected chi connectivity index (χ1v) is 8.36. The van der Waals surface area contributed by atoms with Gasteiger partial charge in [0.1, 0.15) is 6.07 Å². The Morgan fingerprint density at radius 3 is 2.83 bits per heavy atom. The van der Waals surface area contributed by atoms with Crippen LogP contribution in [0.3, 0.4) is 0 Å². The molecule has 1 aromatic heterocycles. The summed E-state index contributed by atoms with van der Waals surface area (Å²) in [5.74, 6) is 0.0800. The number of hydrogen-bond acceptors (Lipinski definition) is 4. The average molecular weight is 322 g/mol. The summed E-state index contributed by atoms with van der Waals surface area (Å²) >= 11 is 0. The monoisotopic (exact) mass is 322 g/mol. The summed E-state index contributed by atoms with van der Waals surface area (Å²) in [6.07, 6.45) is 2.78. The van der Waals surface area contributed by atoms with Crippen LogP contribution in [0.25, 0.3) is 10.9 Å². The molecule has 0 amide bonds. The first kappa shape index (κ1) is 16.4. The number of nitriles is 1. The van der Waals surface area contributed by atoms with E-state index < -0.39 is 5.97 Å². The fourth-order valence-electron chi connectivity index (χ4n) is 3.53. The summed E-state index contributed by atoms with van der Waals surface area (Å²) in [5.41, 5.74) is 3.59. The first-order chi connectivity index (χ1) is 11.4. The molecule has 124 valence electrons. The number of nitrogens with zero attached hydrogens (tertiary/aromatic N) is 2. The highest BCUT2D eigenvalue weighted by atomic mass is 16.5. The van der Waals surface area contributed by atoms with E-state index in [9.17, 15) is 4.79 Å². The molecule has 1 aliphatic rings. The third kappa shape index (κ3) is 2.99. The van der Waals surface area contributed by atoms with Crippen LogP contribution in [0.4, 0.5) is 0 Å². The van der Waals surface area contributed by atoms with Crippen molar-refractivity contribution in [3.8, 4) is 6.07 Å². The molecule has 1 atom stereocenters. The second-order valence-electron chi connectivity index (χ2n) is 7.47. The van der Waals surface area contributed by atoms with Crippen LogP contribution in [0.2, 0.25) is 0 Å². The van der Waals surface area contributed by atoms with E-state index in [1.54, 1.807) is 0 Å². The van der Waals surface area contributed by atoms with Gasteiger partial charge in [-0.15, -0.1) is 0 Å². The Labute approximate surface area is 142 Å². The maximum absolute atomic E-state index is 12.6. The van der Waals surface area contributed by atoms with E-state index in [2.05, 4.69) is 20.8 Å². The van der Waals surface area contributed by atoms with Gasteiger partial charge in [-0.25, -0.2) is 4.79 Å². The highest BCUT2D eigenvalue weighted by molar-refractivity contribution is 6.05. The molecule has 24 heavy (non-hydrogen) atoms. The van der Waals surface area contributed by atoms with Gasteiger partial charge in [0, 0.05) is 11.1 Å². The Balaban J connectivity index is 2.16. The Bertz CT molecular complexity index is 828. The van der Waals surface area contributed by atoms with Gasteiger partial charge in [-0.1, -0.05) is 39.0 Å². The van der Waals surface area contributed by atoms with Crippen LogP contribution < -0.4 is 0 Å². The van der Waals surface area contributed by atoms with Gasteiger partial charge >= 0.3 is 5.97 Å². The van der Waals surface area contributed by atoms with Crippen molar-refractivity contribution in [3.05, 3.63) is 41.1 Å². The molecule has 0 fully saturated rings. The predicted octanol–water partition coefficient (Wildman–Crippen LogP) is 4.07. The highest BCUT2D eigenvalue weighted by Gasteiger charge is 2.33. The van der Waals surface area contributed by atoms with E-state index in [-0.39, 0.29) is 12.0 Å². The number of pyridine rings is 1. The first-order valence-electron chi connectivity index (χ1n) is 8.36. The molecule has 0 saturated carbocycles. The summed E-state index contributed by atoms with van der Waals surface area (Å²) in [4.78, 5) is 17.4. The number of carbonyl (C=O) groups excluding carboxylic acids is 1. The van der Waals surface area contributed by atoms with E-state index in [0.29, 0.717) is 11.5 Å². The van der Waals surface area contributed by atoms with Crippen molar-refractivity contribution in [2.75, 3.05) is 6.61 Å². The number of benzene rings is 1. The fraction of sp³-hybridized carbons (Fsp3) is 0.450. The maximum atomic E-state index is 12.6. The summed E-state index contributed by atoms with van der Waals surface area (Å²) in [6.45, 7) is 6.49. The van der Waals surface area contributed by atoms with Crippen LogP contribution in [-0.4, -0.2) is 17.6 Å². The quantitative estimate of drug-likeness (QED) is 0.782. The molecule has 4 heteroatoms. The number of hydrogen-bond donors (Lipinski definition) is 0. The lowest BCUT2D eigenvalue weighted by atomic mass is 9.70. The van der Waals surface area contributed by atoms with Crippen molar-refractivity contribution < 1.29 is 9.53 Å². The van der Waals surface area contributed by atoms with Crippen molar-refractivity contribution in [1.82, 2.24) is 4.98 Å². The molecule has 2 aromatic rings. The molecular weight excluding hydrogens is 300 g/mol. The largest absolute Gasteiger partial charge is 0.447 e. The average Bonchev–Trinajstić information content (AvgIpc) is 2.56. The van der Waals surface area contributed by atoms with Crippen molar-refractivity contribution in [1.29, 1.82) is 5.26 Å². The fourth-order valence-corrected chi connectivity index (χ4v) is 3.53. The van der Waals surface area contributed by atoms with Crippen molar-refractivity contribution >= 4 is 16.9 Å². The zero-order chi connectivity index (χ0) is 17.3. The number of aromatic nitrogens is 1. The third-order valence-corrected chi connectivity index (χ3v) is 4.96. The summed E-state index contributed by atoms with van der Waals surface area (Å²) < 4.78 is 5.14. The van der Waals surface area contributed by atoms with E-state index in [4.69, 9.17) is 15.0 Å². The molecule has 4 nitrogen and oxygen atoms in total. The van der Waals surface area contributed by atoms with Gasteiger partial charge in [0.05, 0.1) is 11.1 Å². The standard InChI is InChI=1S/C20H22N2O2/c1-20(2,3)13-8-9-17-15(12-13)18(19(23)24-11-10-21)14-6-4-5-7-16(14)22-17/h4-7,13H,8-9,11-12H2,1-3H3/t13-/m1/s1. The molecule has 1 aromatic carbocycles. The lowest BCUT2D eigenvalue weighted by molar-refractivity contribution is 0.0554. The number of carbonyl (C=O) groups is 1. The minimum absolute atomic E-state index is 0.178. The van der Waals surface area contributed by atoms with E-state index in [1.807, 2.05) is 30.3 Å². The zero-order valence-electron chi connectivity index (χ0n) is 14.4. The molecule has 0 unspecified atom stereocenters. The molecular formula is C20H22N2O2. The van der Waals surface area contributed by atoms with Gasteiger partial charge in [0.2, 0.25) is 0 Å². The minimum atomic E-state index is -0.416. The molecule has 3 rings (SSSR count). The third-order valence-electron chi connectivity index (χ3n) is 4.96. The van der Waals surface area contributed by atoms with Crippen molar-refractivity contribution in [2.24, 2.45) is 11.3 Å². The van der Waals surface area contributed by atoms with Crippen LogP contribution in [0.5, 0.6) is 0 Å². The second kappa shape index (κ2) is 6.24. The van der Waals surface area contributed by atoms with Gasteiger partial charge in [-0.3, -0.25) is 4.98 Å². The van der Waals surface area contributed by atoms with Gasteiger partial charge < -0.3 is 4.74 Å². The smallest absolute Gasteiger partial charge is 0.340 e. The normalized spacial score (nSPS) is 17.2. The Morgan fingerprint density at radius 1 is 1.38 bits per heavy atom. The van der Waals surface area contributed by atoms with Crippen LogP contribution in [0, 0.1) is 22.7 Å². The maximum Gasteiger partial charge on any atom is 0.340 e. The molecule has 0 N–H and O–H groups in total. The van der Waals surface area contributed by atoms with Gasteiger partial charge in [-0.05, 0) is 42.2 Å². The van der Waals surface area contributed by atoms with Gasteiger partial charge in [-0.2, -0.15) is 5.26 Å². The molecule has 0 radical (unpaired) electrons. The molecule has 1 aliphatic carbocycles. The molecule has 0 spiro atoms. The molecule has 0 bridgehead atoms. The van der Waals surface area contributed by atoms with E-state index in [1.165, 1.54) is 0 Å². The number of ether oxygens (including phenoxy) is 1. The van der Waals surface area contributed by atoms with E-state index >= 15 is 0 Å². The lowest BCUT2D eigenvalue weighted by Gasteiger charge is -2.35. The highest BCUT2D eigenvalue weighted by Crippen LogP contribution is 2.39. The number of aryl methyl sites for hydroxylation is 1. The summed E-state index contributed by atoms with van der Waals surface area (Å²) in [7, 11) is 0. The number of esters is 1. The zero-order valence-corrected chi connectivity index (χ0v) is 14.4. The van der Waals surface area contributed by atoms with Crippen LogP contribution in [0.15, 0.2) is 24.3 Å². The summed E-state index contributed by atoms with van der Waals surface area (Å²) in [6, 6.07) is 9.53. The second-order valence-corrected chi connectivity index (χ2v) is 7.47. The lowest BCUT2D eigenvalue weighted by Crippen LogP contribution is -2.29. The van der Waals surface area contributed by atoms with Crippen molar-refractivity contribution in [2.45, 2.75) is 40.0 Å². The molecule has 1 heterocycles. The number of para-hydroxylation sites is 1.